The highest BCUT2D eigenvalue weighted by atomic mass is 16.5. The van der Waals surface area contributed by atoms with Crippen LogP contribution in [0.1, 0.15) is 57.1 Å². The van der Waals surface area contributed by atoms with Crippen molar-refractivity contribution in [3.63, 3.8) is 0 Å². The van der Waals surface area contributed by atoms with Gasteiger partial charge in [0.15, 0.2) is 0 Å². The number of hydrogen-bond acceptors (Lipinski definition) is 3. The van der Waals surface area contributed by atoms with Crippen molar-refractivity contribution in [2.24, 2.45) is 0 Å². The normalized spacial score (nSPS) is 26.9. The van der Waals surface area contributed by atoms with E-state index in [1.807, 2.05) is 18.5 Å². The van der Waals surface area contributed by atoms with E-state index in [9.17, 15) is 0 Å². The number of ether oxygens (including phenoxy) is 1. The molecule has 0 aromatic carbocycles. The molecule has 1 saturated carbocycles. The summed E-state index contributed by atoms with van der Waals surface area (Å²) in [6.07, 6.45) is 11.9. The summed E-state index contributed by atoms with van der Waals surface area (Å²) in [5.41, 5.74) is 1.50. The van der Waals surface area contributed by atoms with Gasteiger partial charge in [-0.1, -0.05) is 18.9 Å². The van der Waals surface area contributed by atoms with Crippen LogP contribution in [0.5, 0.6) is 0 Å². The molecular weight excluding hydrogens is 236 g/mol. The van der Waals surface area contributed by atoms with E-state index in [4.69, 9.17) is 4.74 Å². The van der Waals surface area contributed by atoms with Gasteiger partial charge >= 0.3 is 0 Å². The van der Waals surface area contributed by atoms with Crippen LogP contribution in [0.25, 0.3) is 0 Å². The lowest BCUT2D eigenvalue weighted by Crippen LogP contribution is -2.32. The second-order valence-electron chi connectivity index (χ2n) is 6.08. The third-order valence-corrected chi connectivity index (χ3v) is 4.69. The van der Waals surface area contributed by atoms with Crippen molar-refractivity contribution in [1.82, 2.24) is 10.3 Å². The highest BCUT2D eigenvalue weighted by Gasteiger charge is 2.41. The number of rotatable bonds is 4. The lowest BCUT2D eigenvalue weighted by Gasteiger charge is -2.24. The largest absolute Gasteiger partial charge is 0.370 e. The molecule has 19 heavy (non-hydrogen) atoms. The fourth-order valence-corrected chi connectivity index (χ4v) is 3.48. The fraction of sp³-hybridized carbons (Fsp3) is 0.688. The molecule has 1 aromatic rings. The molecule has 2 heterocycles. The highest BCUT2D eigenvalue weighted by molar-refractivity contribution is 5.12. The van der Waals surface area contributed by atoms with Gasteiger partial charge in [-0.25, -0.2) is 0 Å². The minimum Gasteiger partial charge on any atom is -0.370 e. The average molecular weight is 260 g/mol. The summed E-state index contributed by atoms with van der Waals surface area (Å²) in [5.74, 6) is 0. The predicted molar refractivity (Wildman–Crippen MR) is 76.0 cm³/mol. The number of nitrogens with one attached hydrogen (secondary N) is 1. The van der Waals surface area contributed by atoms with Crippen molar-refractivity contribution < 1.29 is 4.74 Å². The van der Waals surface area contributed by atoms with Gasteiger partial charge in [0, 0.05) is 25.0 Å². The zero-order valence-electron chi connectivity index (χ0n) is 11.8. The second kappa shape index (κ2) is 5.59. The van der Waals surface area contributed by atoms with Gasteiger partial charge in [0.05, 0.1) is 11.7 Å². The van der Waals surface area contributed by atoms with Crippen LogP contribution in [0.2, 0.25) is 0 Å². The number of pyridine rings is 1. The Morgan fingerprint density at radius 2 is 2.26 bits per heavy atom. The summed E-state index contributed by atoms with van der Waals surface area (Å²) in [6, 6.07) is 4.46. The molecule has 1 aliphatic heterocycles. The molecule has 1 aromatic heterocycles. The summed E-state index contributed by atoms with van der Waals surface area (Å²) in [6.45, 7) is 3.15. The number of aromatic nitrogens is 1. The molecule has 0 bridgehead atoms. The van der Waals surface area contributed by atoms with Crippen LogP contribution in [-0.2, 0) is 4.74 Å². The molecule has 1 saturated heterocycles. The van der Waals surface area contributed by atoms with Crippen LogP contribution in [0.15, 0.2) is 24.5 Å². The minimum absolute atomic E-state index is 0.254. The van der Waals surface area contributed by atoms with Crippen LogP contribution >= 0.6 is 0 Å². The van der Waals surface area contributed by atoms with E-state index in [0.717, 1.165) is 6.54 Å². The first-order valence-electron chi connectivity index (χ1n) is 7.59. The van der Waals surface area contributed by atoms with E-state index in [2.05, 4.69) is 23.3 Å². The van der Waals surface area contributed by atoms with Gasteiger partial charge in [-0.2, -0.15) is 0 Å². The van der Waals surface area contributed by atoms with Crippen molar-refractivity contribution in [1.29, 1.82) is 0 Å². The van der Waals surface area contributed by atoms with Gasteiger partial charge in [0.25, 0.3) is 0 Å². The molecule has 0 radical (unpaired) electrons. The maximum Gasteiger partial charge on any atom is 0.0708 e. The van der Waals surface area contributed by atoms with Crippen molar-refractivity contribution in [2.75, 3.05) is 6.54 Å². The Hall–Kier alpha value is -0.930. The summed E-state index contributed by atoms with van der Waals surface area (Å²) in [7, 11) is 0. The van der Waals surface area contributed by atoms with Crippen LogP contribution in [-0.4, -0.2) is 23.2 Å². The molecule has 3 rings (SSSR count). The number of hydrogen-bond donors (Lipinski definition) is 1. The first-order chi connectivity index (χ1) is 9.27. The zero-order chi connectivity index (χ0) is 13.1. The van der Waals surface area contributed by atoms with E-state index in [-0.39, 0.29) is 5.60 Å². The number of nitrogens with zero attached hydrogens (tertiary/aromatic N) is 1. The van der Waals surface area contributed by atoms with Crippen LogP contribution in [0.4, 0.5) is 0 Å². The van der Waals surface area contributed by atoms with Crippen molar-refractivity contribution >= 4 is 0 Å². The summed E-state index contributed by atoms with van der Waals surface area (Å²) < 4.78 is 6.32. The van der Waals surface area contributed by atoms with E-state index in [0.29, 0.717) is 12.1 Å². The Bertz CT molecular complexity index is 400. The second-order valence-corrected chi connectivity index (χ2v) is 6.08. The van der Waals surface area contributed by atoms with E-state index in [1.165, 1.54) is 44.1 Å². The molecule has 1 aliphatic carbocycles. The molecule has 1 N–H and O–H groups in total. The minimum atomic E-state index is 0.254. The van der Waals surface area contributed by atoms with E-state index >= 15 is 0 Å². The molecule has 104 valence electrons. The Balaban J connectivity index is 1.48. The first-order valence-corrected chi connectivity index (χ1v) is 7.59. The maximum absolute atomic E-state index is 6.32. The van der Waals surface area contributed by atoms with Crippen molar-refractivity contribution in [2.45, 2.75) is 63.2 Å². The van der Waals surface area contributed by atoms with E-state index in [1.54, 1.807) is 0 Å². The quantitative estimate of drug-likeness (QED) is 0.902. The van der Waals surface area contributed by atoms with Crippen LogP contribution < -0.4 is 5.32 Å². The third kappa shape index (κ3) is 2.98. The summed E-state index contributed by atoms with van der Waals surface area (Å²) >= 11 is 0. The lowest BCUT2D eigenvalue weighted by atomic mass is 9.98. The summed E-state index contributed by atoms with van der Waals surface area (Å²) in [5, 5.41) is 3.58. The molecular formula is C16H24N2O. The summed E-state index contributed by atoms with van der Waals surface area (Å²) in [4.78, 5) is 4.17. The standard InChI is InChI=1S/C16H24N2O/c1-13(14-5-4-10-17-11-14)18-12-15-6-9-16(19-15)7-2-3-8-16/h4-5,10-11,13,15,18H,2-3,6-9,12H2,1H3/t13-,15?/m1/s1. The molecule has 2 atom stereocenters. The molecule has 3 nitrogen and oxygen atoms in total. The molecule has 1 spiro atoms. The fourth-order valence-electron chi connectivity index (χ4n) is 3.48. The van der Waals surface area contributed by atoms with Gasteiger partial charge in [-0.15, -0.1) is 0 Å². The Kier molecular flexibility index (Phi) is 3.85. The molecule has 2 fully saturated rings. The highest BCUT2D eigenvalue weighted by Crippen LogP contribution is 2.43. The smallest absolute Gasteiger partial charge is 0.0708 e. The van der Waals surface area contributed by atoms with Gasteiger partial charge in [0.2, 0.25) is 0 Å². The monoisotopic (exact) mass is 260 g/mol. The van der Waals surface area contributed by atoms with Crippen LogP contribution in [0.3, 0.4) is 0 Å². The lowest BCUT2D eigenvalue weighted by molar-refractivity contribution is -0.0357. The predicted octanol–water partition coefficient (Wildman–Crippen LogP) is 3.22. The molecule has 2 aliphatic rings. The third-order valence-electron chi connectivity index (χ3n) is 4.69. The van der Waals surface area contributed by atoms with E-state index < -0.39 is 0 Å². The SMILES string of the molecule is C[C@@H](NCC1CCC2(CCCC2)O1)c1cccnc1. The Morgan fingerprint density at radius 3 is 3.00 bits per heavy atom. The van der Waals surface area contributed by atoms with Crippen molar-refractivity contribution in [3.05, 3.63) is 30.1 Å². The van der Waals surface area contributed by atoms with Gasteiger partial charge < -0.3 is 10.1 Å². The van der Waals surface area contributed by atoms with Gasteiger partial charge in [-0.3, -0.25) is 4.98 Å². The Labute approximate surface area is 115 Å². The van der Waals surface area contributed by atoms with Gasteiger partial charge in [-0.05, 0) is 44.2 Å². The zero-order valence-corrected chi connectivity index (χ0v) is 11.8. The average Bonchev–Trinajstić information content (AvgIpc) is 3.08. The Morgan fingerprint density at radius 1 is 1.42 bits per heavy atom. The van der Waals surface area contributed by atoms with Crippen molar-refractivity contribution in [3.8, 4) is 0 Å². The molecule has 0 amide bonds. The first kappa shape index (κ1) is 13.1. The maximum atomic E-state index is 6.32. The van der Waals surface area contributed by atoms with Gasteiger partial charge in [0.1, 0.15) is 0 Å². The van der Waals surface area contributed by atoms with Crippen LogP contribution in [0, 0.1) is 0 Å². The molecule has 1 unspecified atom stereocenters. The topological polar surface area (TPSA) is 34.1 Å². The molecule has 3 heteroatoms.